The van der Waals surface area contributed by atoms with Gasteiger partial charge in [0.2, 0.25) is 5.91 Å². The fraction of sp³-hybridized carbons (Fsp3) is 0.500. The van der Waals surface area contributed by atoms with Crippen LogP contribution >= 0.6 is 12.4 Å². The molecular formula is C14H18ClN3O3. The highest BCUT2D eigenvalue weighted by atomic mass is 35.5. The standard InChI is InChI=1S/C14H17N3O3.ClH/c18-14(9-10-3-2-7-15-10)16-8-6-11-12(16)4-1-5-13(11)17(19)20;/h1,4-5,10,15H,2-3,6-9H2;1H. The minimum Gasteiger partial charge on any atom is -0.313 e. The molecule has 21 heavy (non-hydrogen) atoms. The van der Waals surface area contributed by atoms with Crippen LogP contribution in [0.5, 0.6) is 0 Å². The summed E-state index contributed by atoms with van der Waals surface area (Å²) >= 11 is 0. The molecule has 0 aliphatic carbocycles. The highest BCUT2D eigenvalue weighted by Gasteiger charge is 2.31. The number of hydrogen-bond acceptors (Lipinski definition) is 4. The first-order chi connectivity index (χ1) is 9.66. The summed E-state index contributed by atoms with van der Waals surface area (Å²) in [6.07, 6.45) is 3.18. The minimum atomic E-state index is -0.370. The van der Waals surface area contributed by atoms with Gasteiger partial charge in [-0.25, -0.2) is 0 Å². The van der Waals surface area contributed by atoms with Crippen molar-refractivity contribution in [2.45, 2.75) is 31.7 Å². The molecule has 1 unspecified atom stereocenters. The lowest BCUT2D eigenvalue weighted by atomic mass is 10.1. The molecule has 1 fully saturated rings. The molecule has 2 aliphatic heterocycles. The molecule has 1 saturated heterocycles. The Morgan fingerprint density at radius 1 is 1.48 bits per heavy atom. The number of benzene rings is 1. The predicted molar refractivity (Wildman–Crippen MR) is 82.0 cm³/mol. The van der Waals surface area contributed by atoms with Crippen molar-refractivity contribution in [1.29, 1.82) is 0 Å². The summed E-state index contributed by atoms with van der Waals surface area (Å²) < 4.78 is 0. The van der Waals surface area contributed by atoms with Crippen molar-refractivity contribution in [3.05, 3.63) is 33.9 Å². The van der Waals surface area contributed by atoms with Crippen molar-refractivity contribution in [2.24, 2.45) is 0 Å². The van der Waals surface area contributed by atoms with Gasteiger partial charge in [-0.15, -0.1) is 12.4 Å². The second kappa shape index (κ2) is 6.41. The van der Waals surface area contributed by atoms with Gasteiger partial charge in [0, 0.05) is 25.1 Å². The van der Waals surface area contributed by atoms with Crippen molar-refractivity contribution < 1.29 is 9.72 Å². The lowest BCUT2D eigenvalue weighted by Crippen LogP contribution is -2.34. The molecule has 1 aromatic rings. The normalized spacial score (nSPS) is 20.0. The first-order valence-electron chi connectivity index (χ1n) is 6.97. The van der Waals surface area contributed by atoms with E-state index in [2.05, 4.69) is 5.32 Å². The Hall–Kier alpha value is -1.66. The van der Waals surface area contributed by atoms with Gasteiger partial charge in [-0.1, -0.05) is 6.07 Å². The van der Waals surface area contributed by atoms with Gasteiger partial charge in [-0.05, 0) is 31.9 Å². The molecule has 114 valence electrons. The SMILES string of the molecule is Cl.O=C(CC1CCCN1)N1CCc2c1cccc2[N+](=O)[O-]. The third-order valence-corrected chi connectivity index (χ3v) is 4.08. The molecule has 1 atom stereocenters. The Morgan fingerprint density at radius 2 is 2.29 bits per heavy atom. The van der Waals surface area contributed by atoms with Crippen molar-refractivity contribution in [1.82, 2.24) is 5.32 Å². The third kappa shape index (κ3) is 3.01. The molecule has 2 heterocycles. The summed E-state index contributed by atoms with van der Waals surface area (Å²) in [6.45, 7) is 1.52. The smallest absolute Gasteiger partial charge is 0.274 e. The minimum absolute atomic E-state index is 0. The van der Waals surface area contributed by atoms with Gasteiger partial charge < -0.3 is 10.2 Å². The summed E-state index contributed by atoms with van der Waals surface area (Å²) in [6, 6.07) is 5.21. The lowest BCUT2D eigenvalue weighted by molar-refractivity contribution is -0.385. The Balaban J connectivity index is 0.00000161. The number of amides is 1. The van der Waals surface area contributed by atoms with Crippen LogP contribution in [-0.2, 0) is 11.2 Å². The van der Waals surface area contributed by atoms with E-state index in [1.807, 2.05) is 0 Å². The van der Waals surface area contributed by atoms with Gasteiger partial charge >= 0.3 is 0 Å². The first kappa shape index (κ1) is 15.7. The van der Waals surface area contributed by atoms with Crippen LogP contribution in [0.15, 0.2) is 18.2 Å². The van der Waals surface area contributed by atoms with E-state index >= 15 is 0 Å². The predicted octanol–water partition coefficient (Wildman–Crippen LogP) is 2.05. The number of carbonyl (C=O) groups is 1. The van der Waals surface area contributed by atoms with E-state index in [-0.39, 0.29) is 35.0 Å². The number of rotatable bonds is 3. The van der Waals surface area contributed by atoms with E-state index in [9.17, 15) is 14.9 Å². The van der Waals surface area contributed by atoms with Crippen LogP contribution < -0.4 is 10.2 Å². The van der Waals surface area contributed by atoms with Gasteiger partial charge in [0.1, 0.15) is 0 Å². The van der Waals surface area contributed by atoms with Crippen LogP contribution in [0, 0.1) is 10.1 Å². The molecule has 0 saturated carbocycles. The Morgan fingerprint density at radius 3 is 2.95 bits per heavy atom. The maximum Gasteiger partial charge on any atom is 0.274 e. The highest BCUT2D eigenvalue weighted by Crippen LogP contribution is 2.35. The summed E-state index contributed by atoms with van der Waals surface area (Å²) in [4.78, 5) is 24.7. The second-order valence-corrected chi connectivity index (χ2v) is 5.32. The summed E-state index contributed by atoms with van der Waals surface area (Å²) in [5, 5.41) is 14.3. The van der Waals surface area contributed by atoms with Crippen molar-refractivity contribution >= 4 is 29.7 Å². The fourth-order valence-corrected chi connectivity index (χ4v) is 3.10. The number of halogens is 1. The molecule has 0 spiro atoms. The summed E-state index contributed by atoms with van der Waals surface area (Å²) in [5.74, 6) is 0.0589. The molecule has 2 aliphatic rings. The van der Waals surface area contributed by atoms with E-state index in [1.54, 1.807) is 17.0 Å². The molecule has 0 bridgehead atoms. The number of nitro groups is 1. The Bertz CT molecular complexity index is 558. The third-order valence-electron chi connectivity index (χ3n) is 4.08. The number of anilines is 1. The number of fused-ring (bicyclic) bond motifs is 1. The van der Waals surface area contributed by atoms with E-state index < -0.39 is 0 Å². The maximum atomic E-state index is 12.4. The van der Waals surface area contributed by atoms with Crippen LogP contribution in [0.25, 0.3) is 0 Å². The molecule has 3 rings (SSSR count). The summed E-state index contributed by atoms with van der Waals surface area (Å²) in [5.41, 5.74) is 1.52. The zero-order valence-electron chi connectivity index (χ0n) is 11.6. The summed E-state index contributed by atoms with van der Waals surface area (Å²) in [7, 11) is 0. The van der Waals surface area contributed by atoms with Crippen LogP contribution in [0.3, 0.4) is 0 Å². The van der Waals surface area contributed by atoms with Crippen LogP contribution in [-0.4, -0.2) is 30.0 Å². The molecule has 1 aromatic carbocycles. The average molecular weight is 312 g/mol. The zero-order chi connectivity index (χ0) is 14.1. The average Bonchev–Trinajstić information content (AvgIpc) is 3.06. The number of nitrogens with one attached hydrogen (secondary N) is 1. The largest absolute Gasteiger partial charge is 0.313 e. The first-order valence-corrected chi connectivity index (χ1v) is 6.97. The van der Waals surface area contributed by atoms with Crippen molar-refractivity contribution in [2.75, 3.05) is 18.0 Å². The van der Waals surface area contributed by atoms with Gasteiger partial charge in [0.25, 0.3) is 5.69 Å². The molecule has 0 radical (unpaired) electrons. The molecule has 0 aromatic heterocycles. The number of nitro benzene ring substituents is 1. The Kier molecular flexibility index (Phi) is 4.80. The van der Waals surface area contributed by atoms with Gasteiger partial charge in [0.05, 0.1) is 16.2 Å². The number of hydrogen-bond donors (Lipinski definition) is 1. The van der Waals surface area contributed by atoms with Gasteiger partial charge in [0.15, 0.2) is 0 Å². The van der Waals surface area contributed by atoms with E-state index in [0.29, 0.717) is 30.6 Å². The molecule has 1 amide bonds. The molecule has 7 heteroatoms. The Labute approximate surface area is 129 Å². The van der Waals surface area contributed by atoms with E-state index in [1.165, 1.54) is 6.07 Å². The number of carbonyl (C=O) groups excluding carboxylic acids is 1. The van der Waals surface area contributed by atoms with Crippen LogP contribution in [0.4, 0.5) is 11.4 Å². The molecular weight excluding hydrogens is 294 g/mol. The van der Waals surface area contributed by atoms with E-state index in [0.717, 1.165) is 19.4 Å². The maximum absolute atomic E-state index is 12.4. The fourth-order valence-electron chi connectivity index (χ4n) is 3.10. The second-order valence-electron chi connectivity index (χ2n) is 5.32. The molecule has 1 N–H and O–H groups in total. The van der Waals surface area contributed by atoms with E-state index in [4.69, 9.17) is 0 Å². The molecule has 6 nitrogen and oxygen atoms in total. The van der Waals surface area contributed by atoms with Crippen molar-refractivity contribution in [3.8, 4) is 0 Å². The van der Waals surface area contributed by atoms with Gasteiger partial charge in [-0.2, -0.15) is 0 Å². The van der Waals surface area contributed by atoms with Crippen LogP contribution in [0.2, 0.25) is 0 Å². The van der Waals surface area contributed by atoms with Gasteiger partial charge in [-0.3, -0.25) is 14.9 Å². The number of nitrogens with zero attached hydrogens (tertiary/aromatic N) is 2. The van der Waals surface area contributed by atoms with Crippen molar-refractivity contribution in [3.63, 3.8) is 0 Å². The van der Waals surface area contributed by atoms with Crippen LogP contribution in [0.1, 0.15) is 24.8 Å². The monoisotopic (exact) mass is 311 g/mol. The lowest BCUT2D eigenvalue weighted by Gasteiger charge is -2.19. The zero-order valence-corrected chi connectivity index (χ0v) is 12.4. The highest BCUT2D eigenvalue weighted by molar-refractivity contribution is 5.96. The topological polar surface area (TPSA) is 75.5 Å². The quantitative estimate of drug-likeness (QED) is 0.684.